The number of alkyl halides is 3. The van der Waals surface area contributed by atoms with Crippen LogP contribution in [0.1, 0.15) is 25.0 Å². The van der Waals surface area contributed by atoms with Crippen molar-refractivity contribution >= 4 is 22.4 Å². The fourth-order valence-corrected chi connectivity index (χ4v) is 3.15. The standard InChI is InChI=1S/C21H16F4N2O/c1-20(2,27-9-8-14-12-15(22)5-7-18(14)27)19(28)11-13-4-6-17(26-3)16(10-13)21(23,24)25/h4-10,12H,11H2,1-2H3. The minimum Gasteiger partial charge on any atom is -0.335 e. The van der Waals surface area contributed by atoms with Crippen molar-refractivity contribution in [1.29, 1.82) is 0 Å². The highest BCUT2D eigenvalue weighted by Gasteiger charge is 2.35. The number of benzene rings is 2. The van der Waals surface area contributed by atoms with Crippen molar-refractivity contribution in [1.82, 2.24) is 4.57 Å². The lowest BCUT2D eigenvalue weighted by Gasteiger charge is -2.27. The van der Waals surface area contributed by atoms with Crippen LogP contribution >= 0.6 is 0 Å². The molecule has 0 saturated heterocycles. The van der Waals surface area contributed by atoms with Crippen LogP contribution in [0.5, 0.6) is 0 Å². The summed E-state index contributed by atoms with van der Waals surface area (Å²) in [7, 11) is 0. The quantitative estimate of drug-likeness (QED) is 0.404. The third kappa shape index (κ3) is 3.50. The SMILES string of the molecule is [C-]#[N+]c1ccc(CC(=O)C(C)(C)n2ccc3cc(F)ccc32)cc1C(F)(F)F. The van der Waals surface area contributed by atoms with Gasteiger partial charge in [-0.05, 0) is 43.7 Å². The number of ketones is 1. The van der Waals surface area contributed by atoms with Crippen LogP contribution in [0.25, 0.3) is 15.7 Å². The first-order valence-corrected chi connectivity index (χ1v) is 8.42. The number of hydrogen-bond donors (Lipinski definition) is 0. The Labute approximate surface area is 159 Å². The number of nitrogens with zero attached hydrogens (tertiary/aromatic N) is 2. The predicted octanol–water partition coefficient (Wildman–Crippen LogP) is 5.90. The van der Waals surface area contributed by atoms with Crippen LogP contribution in [-0.2, 0) is 22.9 Å². The molecule has 28 heavy (non-hydrogen) atoms. The Hall–Kier alpha value is -3.14. The van der Waals surface area contributed by atoms with Gasteiger partial charge in [-0.3, -0.25) is 4.79 Å². The summed E-state index contributed by atoms with van der Waals surface area (Å²) in [6, 6.07) is 9.18. The number of rotatable bonds is 4. The molecule has 0 aliphatic carbocycles. The first-order chi connectivity index (χ1) is 13.0. The molecule has 0 atom stereocenters. The third-order valence-corrected chi connectivity index (χ3v) is 4.79. The van der Waals surface area contributed by atoms with E-state index in [0.29, 0.717) is 10.9 Å². The summed E-state index contributed by atoms with van der Waals surface area (Å²) >= 11 is 0. The van der Waals surface area contributed by atoms with Gasteiger partial charge >= 0.3 is 6.18 Å². The lowest BCUT2D eigenvalue weighted by atomic mass is 9.92. The highest BCUT2D eigenvalue weighted by atomic mass is 19.4. The van der Waals surface area contributed by atoms with E-state index < -0.39 is 28.8 Å². The van der Waals surface area contributed by atoms with Gasteiger partial charge in [-0.1, -0.05) is 18.2 Å². The Morgan fingerprint density at radius 1 is 1.11 bits per heavy atom. The molecule has 0 unspecified atom stereocenters. The second-order valence-corrected chi connectivity index (χ2v) is 7.01. The maximum Gasteiger partial charge on any atom is 0.407 e. The average molecular weight is 388 g/mol. The van der Waals surface area contributed by atoms with Gasteiger partial charge in [0.05, 0.1) is 17.7 Å². The van der Waals surface area contributed by atoms with Crippen LogP contribution in [0.2, 0.25) is 0 Å². The topological polar surface area (TPSA) is 26.4 Å². The summed E-state index contributed by atoms with van der Waals surface area (Å²) in [5.41, 5.74) is -1.77. The normalized spacial score (nSPS) is 12.2. The van der Waals surface area contributed by atoms with E-state index in [1.54, 1.807) is 36.7 Å². The van der Waals surface area contributed by atoms with Crippen molar-refractivity contribution in [2.75, 3.05) is 0 Å². The van der Waals surface area contributed by atoms with E-state index >= 15 is 0 Å². The Morgan fingerprint density at radius 2 is 1.82 bits per heavy atom. The number of hydrogen-bond acceptors (Lipinski definition) is 1. The van der Waals surface area contributed by atoms with E-state index in [9.17, 15) is 22.4 Å². The minimum absolute atomic E-state index is 0.181. The molecule has 1 aromatic heterocycles. The van der Waals surface area contributed by atoms with Gasteiger partial charge in [0.15, 0.2) is 11.5 Å². The summed E-state index contributed by atoms with van der Waals surface area (Å²) in [6.45, 7) is 10.2. The molecule has 1 heterocycles. The zero-order chi connectivity index (χ0) is 20.7. The summed E-state index contributed by atoms with van der Waals surface area (Å²) in [4.78, 5) is 15.8. The fourth-order valence-electron chi connectivity index (χ4n) is 3.15. The van der Waals surface area contributed by atoms with Crippen molar-refractivity contribution in [3.8, 4) is 0 Å². The van der Waals surface area contributed by atoms with E-state index in [0.717, 1.165) is 12.1 Å². The van der Waals surface area contributed by atoms with E-state index in [2.05, 4.69) is 4.85 Å². The number of fused-ring (bicyclic) bond motifs is 1. The predicted molar refractivity (Wildman–Crippen MR) is 97.6 cm³/mol. The summed E-state index contributed by atoms with van der Waals surface area (Å²) in [6.07, 6.45) is -3.24. The average Bonchev–Trinajstić information content (AvgIpc) is 3.04. The lowest BCUT2D eigenvalue weighted by Crippen LogP contribution is -2.36. The molecular weight excluding hydrogens is 372 g/mol. The van der Waals surface area contributed by atoms with E-state index in [1.165, 1.54) is 18.2 Å². The largest absolute Gasteiger partial charge is 0.407 e. The molecule has 0 bridgehead atoms. The van der Waals surface area contributed by atoms with Gasteiger partial charge in [0, 0.05) is 23.5 Å². The molecule has 0 aliphatic heterocycles. The van der Waals surface area contributed by atoms with Crippen LogP contribution in [0.15, 0.2) is 48.7 Å². The molecule has 0 aliphatic rings. The first-order valence-electron chi connectivity index (χ1n) is 8.42. The van der Waals surface area contributed by atoms with Crippen molar-refractivity contribution in [3.63, 3.8) is 0 Å². The van der Waals surface area contributed by atoms with Crippen LogP contribution < -0.4 is 0 Å². The number of carbonyl (C=O) groups excluding carboxylic acids is 1. The first kappa shape index (κ1) is 19.6. The molecule has 3 aromatic rings. The molecule has 0 amide bonds. The number of carbonyl (C=O) groups is 1. The van der Waals surface area contributed by atoms with Crippen molar-refractivity contribution in [2.45, 2.75) is 32.0 Å². The van der Waals surface area contributed by atoms with Crippen molar-refractivity contribution < 1.29 is 22.4 Å². The van der Waals surface area contributed by atoms with Gasteiger partial charge in [-0.25, -0.2) is 9.24 Å². The van der Waals surface area contributed by atoms with Gasteiger partial charge in [0.25, 0.3) is 0 Å². The Bertz CT molecular complexity index is 1100. The van der Waals surface area contributed by atoms with Gasteiger partial charge in [0.1, 0.15) is 5.82 Å². The maximum absolute atomic E-state index is 13.4. The highest BCUT2D eigenvalue weighted by molar-refractivity contribution is 5.91. The highest BCUT2D eigenvalue weighted by Crippen LogP contribution is 2.37. The molecule has 3 rings (SSSR count). The number of aromatic nitrogens is 1. The molecule has 0 fully saturated rings. The second kappa shape index (κ2) is 6.79. The van der Waals surface area contributed by atoms with E-state index in [4.69, 9.17) is 6.57 Å². The molecule has 144 valence electrons. The maximum atomic E-state index is 13.4. The molecule has 2 aromatic carbocycles. The zero-order valence-electron chi connectivity index (χ0n) is 15.1. The van der Waals surface area contributed by atoms with Crippen molar-refractivity contribution in [3.05, 3.63) is 77.0 Å². The fraction of sp³-hybridized carbons (Fsp3) is 0.238. The summed E-state index contributed by atoms with van der Waals surface area (Å²) in [5.74, 6) is -0.702. The van der Waals surface area contributed by atoms with Gasteiger partial charge in [-0.2, -0.15) is 13.2 Å². The van der Waals surface area contributed by atoms with Crippen LogP contribution in [0.4, 0.5) is 23.2 Å². The van der Waals surface area contributed by atoms with Gasteiger partial charge in [-0.15, -0.1) is 0 Å². The van der Waals surface area contributed by atoms with Crippen LogP contribution in [0.3, 0.4) is 0 Å². The molecular formula is C21H16F4N2O. The van der Waals surface area contributed by atoms with Crippen LogP contribution in [0, 0.1) is 12.4 Å². The van der Waals surface area contributed by atoms with Gasteiger partial charge < -0.3 is 4.57 Å². The monoisotopic (exact) mass is 388 g/mol. The Morgan fingerprint density at radius 3 is 2.46 bits per heavy atom. The Balaban J connectivity index is 1.94. The molecule has 0 radical (unpaired) electrons. The smallest absolute Gasteiger partial charge is 0.335 e. The molecule has 0 N–H and O–H groups in total. The number of halogens is 4. The van der Waals surface area contributed by atoms with E-state index in [1.807, 2.05) is 0 Å². The van der Waals surface area contributed by atoms with Crippen LogP contribution in [-0.4, -0.2) is 10.4 Å². The van der Waals surface area contributed by atoms with Gasteiger partial charge in [0.2, 0.25) is 0 Å². The summed E-state index contributed by atoms with van der Waals surface area (Å²) < 4.78 is 54.5. The summed E-state index contributed by atoms with van der Waals surface area (Å²) in [5, 5.41) is 0.627. The molecule has 0 spiro atoms. The second-order valence-electron chi connectivity index (χ2n) is 7.01. The molecule has 7 heteroatoms. The minimum atomic E-state index is -4.67. The zero-order valence-corrected chi connectivity index (χ0v) is 15.1. The third-order valence-electron chi connectivity index (χ3n) is 4.79. The molecule has 3 nitrogen and oxygen atoms in total. The van der Waals surface area contributed by atoms with Crippen molar-refractivity contribution in [2.24, 2.45) is 0 Å². The lowest BCUT2D eigenvalue weighted by molar-refractivity contribution is -0.137. The molecule has 0 saturated carbocycles. The number of Topliss-reactive ketones (excluding diaryl/α,β-unsaturated/α-hetero) is 1. The Kier molecular flexibility index (Phi) is 4.76. The van der Waals surface area contributed by atoms with E-state index in [-0.39, 0.29) is 17.8 Å².